The van der Waals surface area contributed by atoms with Crippen LogP contribution >= 0.6 is 45.2 Å². The van der Waals surface area contributed by atoms with Gasteiger partial charge in [0, 0.05) is 14.5 Å². The van der Waals surface area contributed by atoms with Gasteiger partial charge in [-0.05, 0) is 47.2 Å². The number of amides is 1. The number of carbonyl (C=O) groups excluding carboxylic acids is 1. The number of carbonyl (C=O) groups is 1. The van der Waals surface area contributed by atoms with Crippen molar-refractivity contribution < 1.29 is 9.18 Å². The zero-order valence-corrected chi connectivity index (χ0v) is 12.2. The molecule has 0 heterocycles. The van der Waals surface area contributed by atoms with Crippen LogP contribution in [0.2, 0.25) is 0 Å². The Morgan fingerprint density at radius 1 is 1.47 bits per heavy atom. The zero-order valence-electron chi connectivity index (χ0n) is 7.90. The van der Waals surface area contributed by atoms with Crippen molar-refractivity contribution in [2.24, 2.45) is 0 Å². The first-order valence-corrected chi connectivity index (χ1v) is 7.05. The molecule has 0 bridgehead atoms. The smallest absolute Gasteiger partial charge is 0.252 e. The van der Waals surface area contributed by atoms with Gasteiger partial charge in [0.15, 0.2) is 0 Å². The van der Waals surface area contributed by atoms with Crippen molar-refractivity contribution in [1.29, 1.82) is 0 Å². The summed E-state index contributed by atoms with van der Waals surface area (Å²) in [5.41, 5.74) is 0.533. The molecule has 0 radical (unpaired) electrons. The fourth-order valence-corrected chi connectivity index (χ4v) is 2.14. The van der Waals surface area contributed by atoms with Gasteiger partial charge in [-0.1, -0.05) is 22.6 Å². The minimum atomic E-state index is -0.316. The van der Waals surface area contributed by atoms with Crippen molar-refractivity contribution in [3.63, 3.8) is 0 Å². The van der Waals surface area contributed by atoms with Gasteiger partial charge in [-0.2, -0.15) is 0 Å². The predicted molar refractivity (Wildman–Crippen MR) is 75.0 cm³/mol. The third-order valence-corrected chi connectivity index (χ3v) is 3.43. The van der Waals surface area contributed by atoms with Gasteiger partial charge >= 0.3 is 0 Å². The molecule has 1 amide bonds. The van der Waals surface area contributed by atoms with E-state index in [-0.39, 0.29) is 11.7 Å². The maximum absolute atomic E-state index is 12.8. The number of benzene rings is 1. The van der Waals surface area contributed by atoms with Crippen LogP contribution in [0.3, 0.4) is 0 Å². The summed E-state index contributed by atoms with van der Waals surface area (Å²) in [5.74, 6) is -0.451. The van der Waals surface area contributed by atoms with E-state index in [1.54, 1.807) is 0 Å². The van der Waals surface area contributed by atoms with E-state index in [9.17, 15) is 9.18 Å². The van der Waals surface area contributed by atoms with E-state index in [1.165, 1.54) is 18.2 Å². The summed E-state index contributed by atoms with van der Waals surface area (Å²) >= 11 is 4.22. The van der Waals surface area contributed by atoms with Crippen LogP contribution in [0.25, 0.3) is 0 Å². The van der Waals surface area contributed by atoms with E-state index in [2.05, 4.69) is 27.9 Å². The van der Waals surface area contributed by atoms with Crippen LogP contribution < -0.4 is 5.32 Å². The molecule has 5 heteroatoms. The molecule has 0 aliphatic carbocycles. The highest BCUT2D eigenvalue weighted by Gasteiger charge is 2.09. The van der Waals surface area contributed by atoms with Crippen LogP contribution in [0.5, 0.6) is 0 Å². The van der Waals surface area contributed by atoms with E-state index in [4.69, 9.17) is 0 Å². The summed E-state index contributed by atoms with van der Waals surface area (Å²) in [6.45, 7) is 0.662. The van der Waals surface area contributed by atoms with Crippen molar-refractivity contribution >= 4 is 51.1 Å². The molecule has 15 heavy (non-hydrogen) atoms. The van der Waals surface area contributed by atoms with Gasteiger partial charge < -0.3 is 5.32 Å². The molecule has 0 saturated heterocycles. The third kappa shape index (κ3) is 4.21. The number of nitrogens with one attached hydrogen (secondary N) is 1. The molecular weight excluding hydrogens is 423 g/mol. The Bertz CT molecular complexity index is 357. The highest BCUT2D eigenvalue weighted by Crippen LogP contribution is 2.13. The molecule has 1 aromatic rings. The van der Waals surface area contributed by atoms with Crippen LogP contribution in [-0.4, -0.2) is 16.9 Å². The molecule has 0 unspecified atom stereocenters. The second-order valence-electron chi connectivity index (χ2n) is 2.92. The van der Waals surface area contributed by atoms with Gasteiger partial charge in [0.1, 0.15) is 5.82 Å². The van der Waals surface area contributed by atoms with Crippen LogP contribution in [0, 0.1) is 9.39 Å². The average Bonchev–Trinajstić information content (AvgIpc) is 2.17. The summed E-state index contributed by atoms with van der Waals surface area (Å²) in [4.78, 5) is 11.6. The number of hydrogen-bond acceptors (Lipinski definition) is 1. The van der Waals surface area contributed by atoms with Crippen LogP contribution in [-0.2, 0) is 0 Å². The lowest BCUT2D eigenvalue weighted by Gasteiger charge is -2.05. The molecule has 1 aromatic carbocycles. The van der Waals surface area contributed by atoms with Crippen molar-refractivity contribution in [2.45, 2.75) is 6.42 Å². The van der Waals surface area contributed by atoms with Gasteiger partial charge in [-0.3, -0.25) is 4.79 Å². The lowest BCUT2D eigenvalue weighted by molar-refractivity contribution is 0.0953. The standard InChI is InChI=1S/C10H10FI2NO/c11-7-2-3-8(9(13)6-7)10(15)14-5-1-4-12/h2-3,6H,1,4-5H2,(H,14,15). The van der Waals surface area contributed by atoms with Crippen LogP contribution in [0.4, 0.5) is 4.39 Å². The van der Waals surface area contributed by atoms with Crippen molar-refractivity contribution in [2.75, 3.05) is 11.0 Å². The summed E-state index contributed by atoms with van der Waals surface area (Å²) in [6, 6.07) is 4.17. The molecule has 0 spiro atoms. The maximum Gasteiger partial charge on any atom is 0.252 e. The molecule has 0 aliphatic heterocycles. The van der Waals surface area contributed by atoms with Crippen LogP contribution in [0.15, 0.2) is 18.2 Å². The molecular formula is C10H10FI2NO. The number of alkyl halides is 1. The van der Waals surface area contributed by atoms with Gasteiger partial charge in [-0.25, -0.2) is 4.39 Å². The van der Waals surface area contributed by atoms with E-state index in [0.29, 0.717) is 15.7 Å². The molecule has 1 N–H and O–H groups in total. The number of halogens is 3. The largest absolute Gasteiger partial charge is 0.352 e. The fourth-order valence-electron chi connectivity index (χ4n) is 1.04. The van der Waals surface area contributed by atoms with Crippen LogP contribution in [0.1, 0.15) is 16.8 Å². The molecule has 2 nitrogen and oxygen atoms in total. The Morgan fingerprint density at radius 2 is 2.20 bits per heavy atom. The van der Waals surface area contributed by atoms with Crippen molar-refractivity contribution in [3.8, 4) is 0 Å². The van der Waals surface area contributed by atoms with Gasteiger partial charge in [-0.15, -0.1) is 0 Å². The fraction of sp³-hybridized carbons (Fsp3) is 0.300. The van der Waals surface area contributed by atoms with E-state index in [1.807, 2.05) is 22.6 Å². The highest BCUT2D eigenvalue weighted by atomic mass is 127. The Hall–Kier alpha value is 0.0800. The van der Waals surface area contributed by atoms with Gasteiger partial charge in [0.05, 0.1) is 5.56 Å². The molecule has 0 atom stereocenters. The zero-order chi connectivity index (χ0) is 11.3. The highest BCUT2D eigenvalue weighted by molar-refractivity contribution is 14.1. The van der Waals surface area contributed by atoms with E-state index < -0.39 is 0 Å². The lowest BCUT2D eigenvalue weighted by atomic mass is 10.2. The Labute approximate surface area is 115 Å². The SMILES string of the molecule is O=C(NCCCI)c1ccc(F)cc1I. The molecule has 0 saturated carbocycles. The first kappa shape index (κ1) is 13.1. The maximum atomic E-state index is 12.8. The summed E-state index contributed by atoms with van der Waals surface area (Å²) in [7, 11) is 0. The minimum absolute atomic E-state index is 0.135. The van der Waals surface area contributed by atoms with Gasteiger partial charge in [0.25, 0.3) is 5.91 Å². The summed E-state index contributed by atoms with van der Waals surface area (Å²) in [5, 5.41) is 2.79. The Balaban J connectivity index is 2.65. The monoisotopic (exact) mass is 433 g/mol. The van der Waals surface area contributed by atoms with Gasteiger partial charge in [0.2, 0.25) is 0 Å². The first-order valence-electron chi connectivity index (χ1n) is 4.44. The molecule has 0 fully saturated rings. The molecule has 82 valence electrons. The number of hydrogen-bond donors (Lipinski definition) is 1. The molecule has 0 aliphatic rings. The average molecular weight is 433 g/mol. The predicted octanol–water partition coefficient (Wildman–Crippen LogP) is 2.99. The lowest BCUT2D eigenvalue weighted by Crippen LogP contribution is -2.25. The second-order valence-corrected chi connectivity index (χ2v) is 5.16. The third-order valence-electron chi connectivity index (χ3n) is 1.77. The molecule has 0 aromatic heterocycles. The van der Waals surface area contributed by atoms with E-state index in [0.717, 1.165) is 10.8 Å². The Kier molecular flexibility index (Phi) is 5.80. The normalized spacial score (nSPS) is 10.1. The van der Waals surface area contributed by atoms with Crippen molar-refractivity contribution in [3.05, 3.63) is 33.1 Å². The summed E-state index contributed by atoms with van der Waals surface area (Å²) < 4.78 is 14.4. The number of rotatable bonds is 4. The summed E-state index contributed by atoms with van der Waals surface area (Å²) in [6.07, 6.45) is 0.948. The minimum Gasteiger partial charge on any atom is -0.352 e. The molecule has 1 rings (SSSR count). The Morgan fingerprint density at radius 3 is 2.80 bits per heavy atom. The quantitative estimate of drug-likeness (QED) is 0.442. The first-order chi connectivity index (χ1) is 7.15. The van der Waals surface area contributed by atoms with E-state index >= 15 is 0 Å². The second kappa shape index (κ2) is 6.62. The van der Waals surface area contributed by atoms with Crippen molar-refractivity contribution in [1.82, 2.24) is 5.32 Å². The topological polar surface area (TPSA) is 29.1 Å².